The van der Waals surface area contributed by atoms with E-state index in [1.807, 2.05) is 12.2 Å². The minimum Gasteiger partial charge on any atom is -0.386 e. The van der Waals surface area contributed by atoms with E-state index in [0.29, 0.717) is 17.8 Å². The van der Waals surface area contributed by atoms with Crippen LogP contribution in [-0.4, -0.2) is 30.2 Å². The summed E-state index contributed by atoms with van der Waals surface area (Å²) < 4.78 is 37.0. The van der Waals surface area contributed by atoms with Crippen molar-refractivity contribution in [2.75, 3.05) is 18.4 Å². The first-order valence-corrected chi connectivity index (χ1v) is 8.94. The maximum Gasteiger partial charge on any atom is 0.405 e. The highest BCUT2D eigenvalue weighted by Crippen LogP contribution is 2.20. The third kappa shape index (κ3) is 6.43. The summed E-state index contributed by atoms with van der Waals surface area (Å²) >= 11 is 0. The highest BCUT2D eigenvalue weighted by molar-refractivity contribution is 5.94. The number of anilines is 1. The van der Waals surface area contributed by atoms with E-state index in [0.717, 1.165) is 0 Å². The number of carbonyl (C=O) groups excluding carboxylic acids is 1. The molecule has 0 spiro atoms. The summed E-state index contributed by atoms with van der Waals surface area (Å²) in [6.07, 6.45) is -1.86. The molecule has 10 heteroatoms. The zero-order chi connectivity index (χ0) is 22.3. The number of hydrogen-bond acceptors (Lipinski definition) is 5. The quantitative estimate of drug-likeness (QED) is 0.450. The Morgan fingerprint density at radius 2 is 1.87 bits per heavy atom. The number of aromatic nitrogens is 1. The van der Waals surface area contributed by atoms with Crippen LogP contribution < -0.4 is 27.2 Å². The number of nitrogens with one attached hydrogen (secondary N) is 4. The predicted molar refractivity (Wildman–Crippen MR) is 110 cm³/mol. The topological polar surface area (TPSA) is 112 Å². The molecule has 0 fully saturated rings. The number of pyridine rings is 1. The van der Waals surface area contributed by atoms with Crippen molar-refractivity contribution in [1.82, 2.24) is 15.6 Å². The summed E-state index contributed by atoms with van der Waals surface area (Å²) in [7, 11) is 0. The van der Waals surface area contributed by atoms with Gasteiger partial charge in [0, 0.05) is 29.7 Å². The minimum atomic E-state index is -4.43. The second kappa shape index (κ2) is 9.68. The standard InChI is InChI=1S/C20H22F3N5O2/c1-3-25-18(29)13-4-6-15(7-5-13)28-12(2)17-14(8-9-26-19(17)30)10-16(24)27-11-20(21,22)23/h4-10,27-28H,2-3,11,24H2,1H3,(H,25,29)(H,26,30)/b16-10+. The number of alkyl halides is 3. The van der Waals surface area contributed by atoms with E-state index in [1.165, 1.54) is 18.3 Å². The molecule has 160 valence electrons. The molecule has 0 radical (unpaired) electrons. The highest BCUT2D eigenvalue weighted by atomic mass is 19.4. The molecule has 1 heterocycles. The predicted octanol–water partition coefficient (Wildman–Crippen LogP) is 2.62. The van der Waals surface area contributed by atoms with Crippen molar-refractivity contribution in [3.8, 4) is 0 Å². The summed E-state index contributed by atoms with van der Waals surface area (Å²) in [4.78, 5) is 26.6. The van der Waals surface area contributed by atoms with E-state index >= 15 is 0 Å². The van der Waals surface area contributed by atoms with Crippen molar-refractivity contribution >= 4 is 23.4 Å². The van der Waals surface area contributed by atoms with Crippen molar-refractivity contribution in [2.45, 2.75) is 13.1 Å². The molecule has 1 aromatic carbocycles. The number of rotatable bonds is 8. The number of hydrogen-bond donors (Lipinski definition) is 5. The van der Waals surface area contributed by atoms with E-state index < -0.39 is 18.3 Å². The number of aromatic amines is 1. The Kier molecular flexibility index (Phi) is 7.29. The lowest BCUT2D eigenvalue weighted by Crippen LogP contribution is -2.31. The van der Waals surface area contributed by atoms with E-state index in [9.17, 15) is 22.8 Å². The van der Waals surface area contributed by atoms with Gasteiger partial charge in [-0.25, -0.2) is 0 Å². The molecule has 0 unspecified atom stereocenters. The Balaban J connectivity index is 2.22. The Labute approximate surface area is 170 Å². The molecule has 7 nitrogen and oxygen atoms in total. The van der Waals surface area contributed by atoms with E-state index in [-0.39, 0.29) is 28.6 Å². The van der Waals surface area contributed by atoms with Gasteiger partial charge in [-0.3, -0.25) is 9.59 Å². The first kappa shape index (κ1) is 22.6. The third-order valence-electron chi connectivity index (χ3n) is 3.88. The van der Waals surface area contributed by atoms with Gasteiger partial charge >= 0.3 is 6.18 Å². The number of H-pyrrole nitrogens is 1. The largest absolute Gasteiger partial charge is 0.405 e. The second-order valence-corrected chi connectivity index (χ2v) is 6.25. The van der Waals surface area contributed by atoms with Crippen LogP contribution >= 0.6 is 0 Å². The van der Waals surface area contributed by atoms with Crippen LogP contribution in [0.3, 0.4) is 0 Å². The third-order valence-corrected chi connectivity index (χ3v) is 3.88. The summed E-state index contributed by atoms with van der Waals surface area (Å²) in [5, 5.41) is 7.68. The van der Waals surface area contributed by atoms with Crippen LogP contribution in [0, 0.1) is 0 Å². The van der Waals surface area contributed by atoms with Crippen molar-refractivity contribution in [2.24, 2.45) is 5.73 Å². The van der Waals surface area contributed by atoms with Crippen LogP contribution in [0.15, 0.2) is 53.7 Å². The van der Waals surface area contributed by atoms with Crippen molar-refractivity contribution in [1.29, 1.82) is 0 Å². The maximum absolute atomic E-state index is 12.3. The summed E-state index contributed by atoms with van der Waals surface area (Å²) in [5.74, 6) is -0.463. The van der Waals surface area contributed by atoms with Gasteiger partial charge in [-0.2, -0.15) is 13.2 Å². The summed E-state index contributed by atoms with van der Waals surface area (Å²) in [5.41, 5.74) is 6.74. The summed E-state index contributed by atoms with van der Waals surface area (Å²) in [6.45, 7) is 4.86. The fourth-order valence-electron chi connectivity index (χ4n) is 2.55. The van der Waals surface area contributed by atoms with Crippen LogP contribution in [-0.2, 0) is 0 Å². The fourth-order valence-corrected chi connectivity index (χ4v) is 2.55. The molecule has 0 aliphatic rings. The van der Waals surface area contributed by atoms with Gasteiger partial charge in [-0.15, -0.1) is 0 Å². The molecule has 6 N–H and O–H groups in total. The molecule has 0 saturated heterocycles. The molecule has 0 aliphatic carbocycles. The van der Waals surface area contributed by atoms with Crippen LogP contribution in [0.1, 0.15) is 28.4 Å². The molecule has 30 heavy (non-hydrogen) atoms. The van der Waals surface area contributed by atoms with Crippen LogP contribution in [0.5, 0.6) is 0 Å². The Morgan fingerprint density at radius 3 is 2.47 bits per heavy atom. The number of carbonyl (C=O) groups is 1. The maximum atomic E-state index is 12.3. The summed E-state index contributed by atoms with van der Waals surface area (Å²) in [6, 6.07) is 7.98. The molecule has 0 saturated carbocycles. The first-order chi connectivity index (χ1) is 14.1. The van der Waals surface area contributed by atoms with Crippen molar-refractivity contribution < 1.29 is 18.0 Å². The van der Waals surface area contributed by atoms with E-state index in [1.54, 1.807) is 24.3 Å². The minimum absolute atomic E-state index is 0.113. The first-order valence-electron chi connectivity index (χ1n) is 8.94. The lowest BCUT2D eigenvalue weighted by atomic mass is 10.1. The molecule has 2 rings (SSSR count). The molecule has 0 atom stereocenters. The van der Waals surface area contributed by atoms with Crippen molar-refractivity contribution in [3.63, 3.8) is 0 Å². The highest BCUT2D eigenvalue weighted by Gasteiger charge is 2.26. The lowest BCUT2D eigenvalue weighted by molar-refractivity contribution is -0.123. The Morgan fingerprint density at radius 1 is 1.20 bits per heavy atom. The molecular formula is C20H22F3N5O2. The number of nitrogens with two attached hydrogens (primary N) is 1. The molecule has 0 bridgehead atoms. The van der Waals surface area contributed by atoms with Gasteiger partial charge in [0.15, 0.2) is 0 Å². The number of halogens is 3. The molecule has 1 amide bonds. The smallest absolute Gasteiger partial charge is 0.386 e. The molecule has 0 aliphatic heterocycles. The van der Waals surface area contributed by atoms with Gasteiger partial charge in [0.1, 0.15) is 6.54 Å². The zero-order valence-electron chi connectivity index (χ0n) is 16.2. The monoisotopic (exact) mass is 421 g/mol. The Bertz CT molecular complexity index is 995. The van der Waals surface area contributed by atoms with Crippen LogP contribution in [0.2, 0.25) is 0 Å². The average molecular weight is 421 g/mol. The van der Waals surface area contributed by atoms with Gasteiger partial charge < -0.3 is 26.7 Å². The van der Waals surface area contributed by atoms with Crippen LogP contribution in [0.25, 0.3) is 11.8 Å². The van der Waals surface area contributed by atoms with Crippen LogP contribution in [0.4, 0.5) is 18.9 Å². The van der Waals surface area contributed by atoms with Gasteiger partial charge in [0.2, 0.25) is 0 Å². The Hall–Kier alpha value is -3.69. The fraction of sp³-hybridized carbons (Fsp3) is 0.200. The van der Waals surface area contributed by atoms with Crippen molar-refractivity contribution in [3.05, 3.63) is 76.0 Å². The SMILES string of the molecule is C=C(Nc1ccc(C(=O)NCC)cc1)c1c(/C=C(\N)NCC(F)(F)F)cc[nH]c1=O. The van der Waals surface area contributed by atoms with Gasteiger partial charge in [-0.1, -0.05) is 6.58 Å². The average Bonchev–Trinajstić information content (AvgIpc) is 2.66. The van der Waals surface area contributed by atoms with Gasteiger partial charge in [-0.05, 0) is 48.9 Å². The molecule has 1 aromatic heterocycles. The van der Waals surface area contributed by atoms with Gasteiger partial charge in [0.25, 0.3) is 11.5 Å². The lowest BCUT2D eigenvalue weighted by Gasteiger charge is -2.13. The number of amides is 1. The molecule has 2 aromatic rings. The van der Waals surface area contributed by atoms with E-state index in [4.69, 9.17) is 5.73 Å². The normalized spacial score (nSPS) is 11.7. The van der Waals surface area contributed by atoms with Gasteiger partial charge in [0.05, 0.1) is 11.4 Å². The van der Waals surface area contributed by atoms with E-state index in [2.05, 4.69) is 22.2 Å². The zero-order valence-corrected chi connectivity index (χ0v) is 16.2. The second-order valence-electron chi connectivity index (χ2n) is 6.25. The molecular weight excluding hydrogens is 399 g/mol. The number of benzene rings is 1.